The van der Waals surface area contributed by atoms with Gasteiger partial charge in [0.15, 0.2) is 0 Å². The molecule has 0 saturated heterocycles. The number of benzene rings is 1. The lowest BCUT2D eigenvalue weighted by Crippen LogP contribution is -1.92. The second kappa shape index (κ2) is 6.67. The van der Waals surface area contributed by atoms with Gasteiger partial charge >= 0.3 is 5.97 Å². The molecule has 0 amide bonds. The Hall–Kier alpha value is -1.66. The number of hydrogen-bond acceptors (Lipinski definition) is 5. The summed E-state index contributed by atoms with van der Waals surface area (Å²) in [6.07, 6.45) is 0. The molecule has 1 N–H and O–H groups in total. The van der Waals surface area contributed by atoms with E-state index in [0.717, 1.165) is 22.0 Å². The summed E-state index contributed by atoms with van der Waals surface area (Å²) in [4.78, 5) is 12.1. The van der Waals surface area contributed by atoms with Gasteiger partial charge in [-0.3, -0.25) is 0 Å². The van der Waals surface area contributed by atoms with Crippen LogP contribution < -0.4 is 9.47 Å². The summed E-state index contributed by atoms with van der Waals surface area (Å²) in [7, 11) is 3.25. The Morgan fingerprint density at radius 2 is 2.10 bits per heavy atom. The quantitative estimate of drug-likeness (QED) is 0.823. The molecule has 0 radical (unpaired) electrons. The van der Waals surface area contributed by atoms with Gasteiger partial charge in [0, 0.05) is 21.6 Å². The Morgan fingerprint density at radius 1 is 1.30 bits per heavy atom. The molecule has 0 unspecified atom stereocenters. The molecule has 1 heterocycles. The van der Waals surface area contributed by atoms with Crippen LogP contribution in [0, 0.1) is 0 Å². The molecule has 0 fully saturated rings. The van der Waals surface area contributed by atoms with Crippen LogP contribution in [0.5, 0.6) is 11.5 Å². The molecule has 0 aliphatic carbocycles. The number of hydrogen-bond donors (Lipinski definition) is 1. The van der Waals surface area contributed by atoms with E-state index in [0.29, 0.717) is 10.6 Å². The average Bonchev–Trinajstić information content (AvgIpc) is 2.93. The molecular formula is C14H14O4S2. The molecule has 2 aromatic rings. The summed E-state index contributed by atoms with van der Waals surface area (Å²) in [6, 6.07) is 7.33. The highest BCUT2D eigenvalue weighted by Gasteiger charge is 2.09. The lowest BCUT2D eigenvalue weighted by atomic mass is 10.2. The summed E-state index contributed by atoms with van der Waals surface area (Å²) in [5.74, 6) is 1.38. The van der Waals surface area contributed by atoms with Crippen molar-refractivity contribution in [3.63, 3.8) is 0 Å². The molecule has 20 heavy (non-hydrogen) atoms. The molecule has 4 nitrogen and oxygen atoms in total. The third kappa shape index (κ3) is 3.46. The fourth-order valence-electron chi connectivity index (χ4n) is 1.66. The Labute approximate surface area is 125 Å². The summed E-state index contributed by atoms with van der Waals surface area (Å²) in [6.45, 7) is 0. The molecule has 0 saturated carbocycles. The van der Waals surface area contributed by atoms with E-state index >= 15 is 0 Å². The first-order valence-corrected chi connectivity index (χ1v) is 7.66. The monoisotopic (exact) mass is 310 g/mol. The number of carboxylic acid groups (broad SMARTS) is 1. The van der Waals surface area contributed by atoms with Crippen LogP contribution >= 0.6 is 23.1 Å². The molecule has 0 spiro atoms. The highest BCUT2D eigenvalue weighted by atomic mass is 32.2. The van der Waals surface area contributed by atoms with Gasteiger partial charge in [0.2, 0.25) is 0 Å². The van der Waals surface area contributed by atoms with Gasteiger partial charge < -0.3 is 14.6 Å². The molecule has 0 aliphatic heterocycles. The fourth-order valence-corrected chi connectivity index (χ4v) is 3.51. The zero-order valence-electron chi connectivity index (χ0n) is 11.1. The van der Waals surface area contributed by atoms with Crippen LogP contribution in [-0.4, -0.2) is 25.3 Å². The highest BCUT2D eigenvalue weighted by molar-refractivity contribution is 7.98. The summed E-state index contributed by atoms with van der Waals surface area (Å²) in [5, 5.41) is 10.7. The van der Waals surface area contributed by atoms with E-state index in [2.05, 4.69) is 0 Å². The number of carbonyl (C=O) groups is 1. The maximum atomic E-state index is 10.8. The highest BCUT2D eigenvalue weighted by Crippen LogP contribution is 2.32. The lowest BCUT2D eigenvalue weighted by Gasteiger charge is -2.09. The van der Waals surface area contributed by atoms with Gasteiger partial charge in [-0.15, -0.1) is 23.1 Å². The van der Waals surface area contributed by atoms with Crippen LogP contribution in [0.1, 0.15) is 15.2 Å². The molecule has 0 aliphatic rings. The van der Waals surface area contributed by atoms with E-state index in [9.17, 15) is 4.79 Å². The Morgan fingerprint density at radius 3 is 2.70 bits per heavy atom. The van der Waals surface area contributed by atoms with Gasteiger partial charge in [-0.2, -0.15) is 0 Å². The lowest BCUT2D eigenvalue weighted by molar-refractivity contribution is 0.0702. The van der Waals surface area contributed by atoms with Crippen molar-refractivity contribution < 1.29 is 19.4 Å². The molecular weight excluding hydrogens is 296 g/mol. The van der Waals surface area contributed by atoms with Crippen LogP contribution in [-0.2, 0) is 5.75 Å². The zero-order chi connectivity index (χ0) is 14.5. The van der Waals surface area contributed by atoms with Crippen molar-refractivity contribution in [3.05, 3.63) is 40.1 Å². The van der Waals surface area contributed by atoms with Crippen molar-refractivity contribution in [2.75, 3.05) is 14.2 Å². The molecule has 0 atom stereocenters. The van der Waals surface area contributed by atoms with E-state index in [1.165, 1.54) is 11.3 Å². The van der Waals surface area contributed by atoms with E-state index in [4.69, 9.17) is 14.6 Å². The van der Waals surface area contributed by atoms with Gasteiger partial charge in [-0.05, 0) is 24.3 Å². The fraction of sp³-hybridized carbons (Fsp3) is 0.214. The predicted octanol–water partition coefficient (Wildman–Crippen LogP) is 3.76. The predicted molar refractivity (Wildman–Crippen MR) is 80.4 cm³/mol. The number of methoxy groups -OCH3 is 2. The summed E-state index contributed by atoms with van der Waals surface area (Å²) in [5.41, 5.74) is 1.01. The van der Waals surface area contributed by atoms with Gasteiger partial charge in [0.05, 0.1) is 14.2 Å². The topological polar surface area (TPSA) is 55.8 Å². The van der Waals surface area contributed by atoms with Crippen molar-refractivity contribution >= 4 is 29.1 Å². The minimum absolute atomic E-state index is 0.352. The van der Waals surface area contributed by atoms with Crippen molar-refractivity contribution in [2.45, 2.75) is 10.6 Å². The van der Waals surface area contributed by atoms with Crippen molar-refractivity contribution in [1.29, 1.82) is 0 Å². The first kappa shape index (κ1) is 14.7. The number of carboxylic acids is 1. The normalized spacial score (nSPS) is 10.3. The smallest absolute Gasteiger partial charge is 0.345 e. The number of thioether (sulfide) groups is 1. The van der Waals surface area contributed by atoms with Crippen LogP contribution in [0.2, 0.25) is 0 Å². The van der Waals surface area contributed by atoms with E-state index in [1.54, 1.807) is 32.0 Å². The average molecular weight is 310 g/mol. The van der Waals surface area contributed by atoms with Crippen LogP contribution in [0.15, 0.2) is 34.5 Å². The largest absolute Gasteiger partial charge is 0.497 e. The third-order valence-electron chi connectivity index (χ3n) is 2.67. The Balaban J connectivity index is 2.10. The number of rotatable bonds is 6. The zero-order valence-corrected chi connectivity index (χ0v) is 12.7. The first-order valence-electron chi connectivity index (χ1n) is 5.79. The van der Waals surface area contributed by atoms with Crippen molar-refractivity contribution in [1.82, 2.24) is 0 Å². The molecule has 1 aromatic heterocycles. The molecule has 1 aromatic carbocycles. The van der Waals surface area contributed by atoms with E-state index < -0.39 is 5.97 Å². The first-order chi connectivity index (χ1) is 9.63. The van der Waals surface area contributed by atoms with E-state index in [-0.39, 0.29) is 0 Å². The SMILES string of the molecule is COc1ccc(OC)c(CSc2csc(C(=O)O)c2)c1. The van der Waals surface area contributed by atoms with Crippen molar-refractivity contribution in [2.24, 2.45) is 0 Å². The van der Waals surface area contributed by atoms with Gasteiger partial charge in [0.25, 0.3) is 0 Å². The van der Waals surface area contributed by atoms with Crippen LogP contribution in [0.3, 0.4) is 0 Å². The number of thiophene rings is 1. The number of ether oxygens (including phenoxy) is 2. The molecule has 106 valence electrons. The van der Waals surface area contributed by atoms with Gasteiger partial charge in [-0.25, -0.2) is 4.79 Å². The second-order valence-corrected chi connectivity index (χ2v) is 5.88. The van der Waals surface area contributed by atoms with Gasteiger partial charge in [0.1, 0.15) is 16.4 Å². The molecule has 2 rings (SSSR count). The third-order valence-corrected chi connectivity index (χ3v) is 4.76. The minimum Gasteiger partial charge on any atom is -0.497 e. The van der Waals surface area contributed by atoms with Crippen LogP contribution in [0.4, 0.5) is 0 Å². The van der Waals surface area contributed by atoms with Crippen molar-refractivity contribution in [3.8, 4) is 11.5 Å². The molecule has 0 bridgehead atoms. The maximum Gasteiger partial charge on any atom is 0.345 e. The molecule has 6 heteroatoms. The van der Waals surface area contributed by atoms with E-state index in [1.807, 2.05) is 23.6 Å². The summed E-state index contributed by atoms with van der Waals surface area (Å²) < 4.78 is 10.5. The summed E-state index contributed by atoms with van der Waals surface area (Å²) >= 11 is 2.81. The second-order valence-electron chi connectivity index (χ2n) is 3.92. The Kier molecular flexibility index (Phi) is 4.92. The maximum absolute atomic E-state index is 10.8. The minimum atomic E-state index is -0.888. The number of aromatic carboxylic acids is 1. The van der Waals surface area contributed by atoms with Crippen LogP contribution in [0.25, 0.3) is 0 Å². The standard InChI is InChI=1S/C14H14O4S2/c1-17-10-3-4-12(18-2)9(5-10)7-19-11-6-13(14(15)16)20-8-11/h3-6,8H,7H2,1-2H3,(H,15,16). The Bertz CT molecular complexity index is 607. The van der Waals surface area contributed by atoms with Gasteiger partial charge in [-0.1, -0.05) is 0 Å².